The van der Waals surface area contributed by atoms with Gasteiger partial charge in [0, 0.05) is 32.4 Å². The molecule has 0 aliphatic carbocycles. The maximum atomic E-state index is 13.1. The molecule has 0 spiro atoms. The first-order chi connectivity index (χ1) is 13.8. The number of nitrogens with zero attached hydrogens (tertiary/aromatic N) is 3. The molecular formula is C21H28Cl2N4O3. The van der Waals surface area contributed by atoms with Crippen LogP contribution in [0.25, 0.3) is 0 Å². The lowest BCUT2D eigenvalue weighted by molar-refractivity contribution is -0.0771. The lowest BCUT2D eigenvalue weighted by Crippen LogP contribution is -2.60. The molecule has 1 aromatic heterocycles. The Morgan fingerprint density at radius 2 is 1.93 bits per heavy atom. The van der Waals surface area contributed by atoms with Crippen LogP contribution in [0, 0.1) is 0 Å². The van der Waals surface area contributed by atoms with E-state index in [0.717, 1.165) is 6.54 Å². The topological polar surface area (TPSA) is 80.9 Å². The van der Waals surface area contributed by atoms with Crippen LogP contribution in [0.15, 0.2) is 48.7 Å². The Hall–Kier alpha value is -1.90. The van der Waals surface area contributed by atoms with E-state index in [1.54, 1.807) is 18.3 Å². The third-order valence-corrected chi connectivity index (χ3v) is 5.33. The quantitative estimate of drug-likeness (QED) is 0.745. The highest BCUT2D eigenvalue weighted by Gasteiger charge is 2.38. The van der Waals surface area contributed by atoms with Crippen molar-refractivity contribution < 1.29 is 14.3 Å². The molecule has 164 valence electrons. The van der Waals surface area contributed by atoms with Crippen molar-refractivity contribution >= 4 is 30.7 Å². The maximum Gasteiger partial charge on any atom is 0.276 e. The largest absolute Gasteiger partial charge is 0.490 e. The number of piperazine rings is 1. The predicted molar refractivity (Wildman–Crippen MR) is 120 cm³/mol. The van der Waals surface area contributed by atoms with Crippen molar-refractivity contribution in [1.29, 1.82) is 0 Å². The molecule has 0 radical (unpaired) electrons. The van der Waals surface area contributed by atoms with Crippen molar-refractivity contribution in [3.8, 4) is 5.75 Å². The summed E-state index contributed by atoms with van der Waals surface area (Å²) in [6, 6.07) is 14.4. The second-order valence-electron chi connectivity index (χ2n) is 7.09. The van der Waals surface area contributed by atoms with Gasteiger partial charge in [-0.15, -0.1) is 24.8 Å². The SMILES string of the molecule is Cl.Cl.NCCOc1cccnc1C(=O)N1CCN2[C@@H](COC[C@@H]2c2ccccc2)C1. The van der Waals surface area contributed by atoms with Gasteiger partial charge in [-0.3, -0.25) is 9.69 Å². The van der Waals surface area contributed by atoms with Crippen LogP contribution in [-0.4, -0.2) is 72.7 Å². The number of morpholine rings is 1. The van der Waals surface area contributed by atoms with Crippen molar-refractivity contribution in [3.05, 3.63) is 59.9 Å². The number of rotatable bonds is 5. The van der Waals surface area contributed by atoms with E-state index in [-0.39, 0.29) is 42.8 Å². The van der Waals surface area contributed by atoms with Crippen molar-refractivity contribution in [2.45, 2.75) is 12.1 Å². The minimum Gasteiger partial charge on any atom is -0.490 e. The molecule has 0 unspecified atom stereocenters. The maximum absolute atomic E-state index is 13.1. The standard InChI is InChI=1S/C21H26N4O3.2ClH/c22-8-12-28-19-7-4-9-23-20(19)21(26)24-10-11-25-17(13-24)14-27-15-18(25)16-5-2-1-3-6-16;;/h1-7,9,17-18H,8,10-15,22H2;2*1H/t17-,18-;;/m1../s1. The Kier molecular flexibility index (Phi) is 9.33. The first-order valence-corrected chi connectivity index (χ1v) is 9.73. The molecule has 2 aromatic rings. The van der Waals surface area contributed by atoms with Crippen molar-refractivity contribution in [2.75, 3.05) is 46.0 Å². The summed E-state index contributed by atoms with van der Waals surface area (Å²) < 4.78 is 11.5. The van der Waals surface area contributed by atoms with Crippen LogP contribution in [0.1, 0.15) is 22.1 Å². The number of benzene rings is 1. The second-order valence-corrected chi connectivity index (χ2v) is 7.09. The van der Waals surface area contributed by atoms with Crippen LogP contribution in [0.4, 0.5) is 0 Å². The predicted octanol–water partition coefficient (Wildman–Crippen LogP) is 2.16. The summed E-state index contributed by atoms with van der Waals surface area (Å²) >= 11 is 0. The fraction of sp³-hybridized carbons (Fsp3) is 0.429. The molecular weight excluding hydrogens is 427 g/mol. The van der Waals surface area contributed by atoms with E-state index in [2.05, 4.69) is 34.1 Å². The molecule has 2 aliphatic rings. The molecule has 3 heterocycles. The van der Waals surface area contributed by atoms with Gasteiger partial charge >= 0.3 is 0 Å². The number of nitrogens with two attached hydrogens (primary N) is 1. The number of amides is 1. The average molecular weight is 455 g/mol. The summed E-state index contributed by atoms with van der Waals surface area (Å²) in [6.07, 6.45) is 1.62. The third-order valence-electron chi connectivity index (χ3n) is 5.33. The first kappa shape index (κ1) is 24.4. The van der Waals surface area contributed by atoms with Crippen molar-refractivity contribution in [3.63, 3.8) is 0 Å². The molecule has 2 saturated heterocycles. The number of halogens is 2. The molecule has 7 nitrogen and oxygen atoms in total. The second kappa shape index (κ2) is 11.5. The number of hydrogen-bond donors (Lipinski definition) is 1. The van der Waals surface area contributed by atoms with Gasteiger partial charge in [-0.25, -0.2) is 4.98 Å². The van der Waals surface area contributed by atoms with Gasteiger partial charge in [0.2, 0.25) is 0 Å². The Labute approximate surface area is 189 Å². The van der Waals surface area contributed by atoms with Gasteiger partial charge in [0.15, 0.2) is 11.4 Å². The van der Waals surface area contributed by atoms with Crippen LogP contribution in [0.2, 0.25) is 0 Å². The minimum absolute atomic E-state index is 0. The van der Waals surface area contributed by atoms with E-state index in [9.17, 15) is 4.79 Å². The van der Waals surface area contributed by atoms with Gasteiger partial charge < -0.3 is 20.1 Å². The smallest absolute Gasteiger partial charge is 0.276 e. The zero-order valence-electron chi connectivity index (χ0n) is 16.7. The highest BCUT2D eigenvalue weighted by Crippen LogP contribution is 2.30. The number of fused-ring (bicyclic) bond motifs is 1. The van der Waals surface area contributed by atoms with Gasteiger partial charge in [0.1, 0.15) is 6.61 Å². The first-order valence-electron chi connectivity index (χ1n) is 9.73. The average Bonchev–Trinajstić information content (AvgIpc) is 2.77. The molecule has 2 fully saturated rings. The molecule has 0 saturated carbocycles. The van der Waals surface area contributed by atoms with E-state index in [4.69, 9.17) is 15.2 Å². The van der Waals surface area contributed by atoms with E-state index < -0.39 is 0 Å². The highest BCUT2D eigenvalue weighted by atomic mass is 35.5. The lowest BCUT2D eigenvalue weighted by atomic mass is 10.00. The van der Waals surface area contributed by atoms with E-state index >= 15 is 0 Å². The number of aromatic nitrogens is 1. The zero-order chi connectivity index (χ0) is 19.3. The summed E-state index contributed by atoms with van der Waals surface area (Å²) in [5.41, 5.74) is 7.13. The molecule has 2 atom stereocenters. The summed E-state index contributed by atoms with van der Waals surface area (Å²) in [4.78, 5) is 21.7. The van der Waals surface area contributed by atoms with Crippen molar-refractivity contribution in [1.82, 2.24) is 14.8 Å². The van der Waals surface area contributed by atoms with Crippen LogP contribution in [-0.2, 0) is 4.74 Å². The molecule has 1 amide bonds. The number of ether oxygens (including phenoxy) is 2. The van der Waals surface area contributed by atoms with Crippen LogP contribution >= 0.6 is 24.8 Å². The molecule has 9 heteroatoms. The molecule has 2 aliphatic heterocycles. The number of pyridine rings is 1. The monoisotopic (exact) mass is 454 g/mol. The van der Waals surface area contributed by atoms with Crippen LogP contribution < -0.4 is 10.5 Å². The number of carbonyl (C=O) groups excluding carboxylic acids is 1. The van der Waals surface area contributed by atoms with Crippen LogP contribution in [0.3, 0.4) is 0 Å². The number of carbonyl (C=O) groups is 1. The zero-order valence-corrected chi connectivity index (χ0v) is 18.3. The van der Waals surface area contributed by atoms with Gasteiger partial charge in [-0.1, -0.05) is 30.3 Å². The Bertz CT molecular complexity index is 812. The molecule has 0 bridgehead atoms. The summed E-state index contributed by atoms with van der Waals surface area (Å²) in [6.45, 7) is 4.15. The van der Waals surface area contributed by atoms with Crippen molar-refractivity contribution in [2.24, 2.45) is 5.73 Å². The van der Waals surface area contributed by atoms with Gasteiger partial charge in [0.05, 0.1) is 25.3 Å². The summed E-state index contributed by atoms with van der Waals surface area (Å²) in [5, 5.41) is 0. The van der Waals surface area contributed by atoms with Crippen LogP contribution in [0.5, 0.6) is 5.75 Å². The Balaban J connectivity index is 0.00000160. The third kappa shape index (κ3) is 5.22. The fourth-order valence-corrected chi connectivity index (χ4v) is 3.97. The summed E-state index contributed by atoms with van der Waals surface area (Å²) in [5.74, 6) is 0.386. The van der Waals surface area contributed by atoms with E-state index in [0.29, 0.717) is 50.9 Å². The number of hydrogen-bond acceptors (Lipinski definition) is 6. The minimum atomic E-state index is -0.103. The van der Waals surface area contributed by atoms with Gasteiger partial charge in [-0.2, -0.15) is 0 Å². The highest BCUT2D eigenvalue weighted by molar-refractivity contribution is 5.95. The Morgan fingerprint density at radius 3 is 2.70 bits per heavy atom. The fourth-order valence-electron chi connectivity index (χ4n) is 3.97. The molecule has 1 aromatic carbocycles. The Morgan fingerprint density at radius 1 is 1.13 bits per heavy atom. The van der Waals surface area contributed by atoms with E-state index in [1.165, 1.54) is 5.56 Å². The molecule has 4 rings (SSSR count). The van der Waals surface area contributed by atoms with E-state index in [1.807, 2.05) is 11.0 Å². The lowest BCUT2D eigenvalue weighted by Gasteiger charge is -2.48. The summed E-state index contributed by atoms with van der Waals surface area (Å²) in [7, 11) is 0. The normalized spacial score (nSPS) is 21.0. The van der Waals surface area contributed by atoms with Gasteiger partial charge in [0.25, 0.3) is 5.91 Å². The van der Waals surface area contributed by atoms with Gasteiger partial charge in [-0.05, 0) is 17.7 Å². The molecule has 30 heavy (non-hydrogen) atoms. The molecule has 2 N–H and O–H groups in total.